The quantitative estimate of drug-likeness (QED) is 0.194. The van der Waals surface area contributed by atoms with Gasteiger partial charge < -0.3 is 10.1 Å². The molecule has 176 valence electrons. The van der Waals surface area contributed by atoms with E-state index in [0.29, 0.717) is 16.9 Å². The number of halogens is 1. The third-order valence-corrected chi connectivity index (χ3v) is 7.11. The molecule has 2 aliphatic heterocycles. The lowest BCUT2D eigenvalue weighted by molar-refractivity contribution is -0.384. The summed E-state index contributed by atoms with van der Waals surface area (Å²) in [6.45, 7) is -0.118. The predicted molar refractivity (Wildman–Crippen MR) is 126 cm³/mol. The van der Waals surface area contributed by atoms with Crippen LogP contribution in [0.1, 0.15) is 11.1 Å². The van der Waals surface area contributed by atoms with Crippen LogP contribution in [0, 0.1) is 10.1 Å². The van der Waals surface area contributed by atoms with E-state index >= 15 is 0 Å². The van der Waals surface area contributed by atoms with Crippen LogP contribution in [-0.2, 0) is 32.1 Å². The molecule has 1 N–H and O–H groups in total. The van der Waals surface area contributed by atoms with Gasteiger partial charge in [0.25, 0.3) is 11.6 Å². The van der Waals surface area contributed by atoms with Gasteiger partial charge in [0.2, 0.25) is 5.91 Å². The summed E-state index contributed by atoms with van der Waals surface area (Å²) in [6, 6.07) is 14.1. The maximum absolute atomic E-state index is 12.9. The predicted octanol–water partition coefficient (Wildman–Crippen LogP) is 2.77. The van der Waals surface area contributed by atoms with Gasteiger partial charge in [-0.25, -0.2) is 4.79 Å². The molecule has 9 nitrogen and oxygen atoms in total. The number of esters is 1. The fourth-order valence-electron chi connectivity index (χ4n) is 3.71. The third kappa shape index (κ3) is 4.92. The summed E-state index contributed by atoms with van der Waals surface area (Å²) in [5, 5.41) is 13.1. The lowest BCUT2D eigenvalue weighted by Gasteiger charge is -2.49. The van der Waals surface area contributed by atoms with Gasteiger partial charge >= 0.3 is 5.97 Å². The zero-order chi connectivity index (χ0) is 24.2. The molecule has 2 aromatic carbocycles. The lowest BCUT2D eigenvalue weighted by atomic mass is 10.0. The SMILES string of the molecule is O=C(Cc1ccccc1)NC1C(=O)N2C(C(=O)OCc3ccc([N+](=O)[O-])cc3)=C(CCl)CS[C@H]12. The fourth-order valence-corrected chi connectivity index (χ4v) is 5.39. The number of thioether (sulfide) groups is 1. The Labute approximate surface area is 204 Å². The zero-order valence-electron chi connectivity index (χ0n) is 17.8. The second kappa shape index (κ2) is 10.3. The highest BCUT2D eigenvalue weighted by Gasteiger charge is 2.54. The molecule has 2 aromatic rings. The van der Waals surface area contributed by atoms with Gasteiger partial charge in [0.05, 0.1) is 11.3 Å². The van der Waals surface area contributed by atoms with Gasteiger partial charge in [0, 0.05) is 23.8 Å². The number of nitrogens with one attached hydrogen (secondary N) is 1. The number of nitrogens with zero attached hydrogens (tertiary/aromatic N) is 2. The van der Waals surface area contributed by atoms with Crippen LogP contribution in [0.2, 0.25) is 0 Å². The molecule has 2 heterocycles. The van der Waals surface area contributed by atoms with Crippen molar-refractivity contribution in [2.45, 2.75) is 24.4 Å². The first-order chi connectivity index (χ1) is 16.4. The van der Waals surface area contributed by atoms with Crippen LogP contribution in [0.5, 0.6) is 0 Å². The first kappa shape index (κ1) is 23.8. The van der Waals surface area contributed by atoms with Crippen molar-refractivity contribution in [1.82, 2.24) is 10.2 Å². The maximum atomic E-state index is 12.9. The van der Waals surface area contributed by atoms with E-state index in [1.807, 2.05) is 30.3 Å². The monoisotopic (exact) mass is 501 g/mol. The van der Waals surface area contributed by atoms with Crippen LogP contribution in [0.15, 0.2) is 65.9 Å². The number of hydrogen-bond acceptors (Lipinski definition) is 7. The third-order valence-electron chi connectivity index (χ3n) is 5.44. The Morgan fingerprint density at radius 2 is 1.85 bits per heavy atom. The summed E-state index contributed by atoms with van der Waals surface area (Å²) in [7, 11) is 0. The van der Waals surface area contributed by atoms with E-state index in [2.05, 4.69) is 5.32 Å². The second-order valence-corrected chi connectivity index (χ2v) is 9.08. The van der Waals surface area contributed by atoms with Crippen molar-refractivity contribution in [1.29, 1.82) is 0 Å². The van der Waals surface area contributed by atoms with E-state index < -0.39 is 28.2 Å². The summed E-state index contributed by atoms with van der Waals surface area (Å²) < 4.78 is 5.38. The molecular weight excluding hydrogens is 482 g/mol. The molecule has 0 saturated carbocycles. The smallest absolute Gasteiger partial charge is 0.355 e. The summed E-state index contributed by atoms with van der Waals surface area (Å²) in [5.74, 6) is -0.911. The number of β-lactam (4-membered cyclic amide) rings is 1. The number of non-ortho nitro benzene ring substituents is 1. The average Bonchev–Trinajstić information content (AvgIpc) is 2.85. The van der Waals surface area contributed by atoms with Gasteiger partial charge in [-0.2, -0.15) is 0 Å². The molecule has 1 saturated heterocycles. The molecule has 34 heavy (non-hydrogen) atoms. The van der Waals surface area contributed by atoms with E-state index in [4.69, 9.17) is 16.3 Å². The highest BCUT2D eigenvalue weighted by atomic mass is 35.5. The Morgan fingerprint density at radius 3 is 2.50 bits per heavy atom. The van der Waals surface area contributed by atoms with Crippen molar-refractivity contribution >= 4 is 46.8 Å². The Kier molecular flexibility index (Phi) is 7.18. The average molecular weight is 502 g/mol. The number of nitro groups is 1. The van der Waals surface area contributed by atoms with E-state index in [1.165, 1.54) is 40.9 Å². The van der Waals surface area contributed by atoms with Crippen molar-refractivity contribution in [3.63, 3.8) is 0 Å². The molecule has 0 radical (unpaired) electrons. The topological polar surface area (TPSA) is 119 Å². The Hall–Kier alpha value is -3.37. The van der Waals surface area contributed by atoms with E-state index in [0.717, 1.165) is 5.56 Å². The molecule has 2 amide bonds. The standard InChI is InChI=1S/C23H20ClN3O6S/c24-11-16-13-34-22-19(25-18(28)10-14-4-2-1-3-5-14)21(29)26(22)20(16)23(30)33-12-15-6-8-17(9-7-15)27(31)32/h1-9,19,22H,10-13H2,(H,25,28)/t19?,22-/m1/s1. The molecule has 2 aliphatic rings. The first-order valence-corrected chi connectivity index (χ1v) is 11.9. The minimum Gasteiger partial charge on any atom is -0.456 e. The number of amides is 2. The number of benzene rings is 2. The van der Waals surface area contributed by atoms with Crippen molar-refractivity contribution in [2.24, 2.45) is 0 Å². The van der Waals surface area contributed by atoms with Crippen LogP contribution in [0.4, 0.5) is 5.69 Å². The first-order valence-electron chi connectivity index (χ1n) is 10.4. The molecule has 11 heteroatoms. The van der Waals surface area contributed by atoms with E-state index in [1.54, 1.807) is 0 Å². The van der Waals surface area contributed by atoms with Crippen molar-refractivity contribution < 1.29 is 24.0 Å². The number of hydrogen-bond donors (Lipinski definition) is 1. The van der Waals surface area contributed by atoms with Gasteiger partial charge in [-0.3, -0.25) is 24.6 Å². The Balaban J connectivity index is 1.41. The molecule has 2 atom stereocenters. The van der Waals surface area contributed by atoms with E-state index in [9.17, 15) is 24.5 Å². The Morgan fingerprint density at radius 1 is 1.15 bits per heavy atom. The summed E-state index contributed by atoms with van der Waals surface area (Å²) in [6.07, 6.45) is 0.148. The van der Waals surface area contributed by atoms with Crippen LogP contribution in [-0.4, -0.2) is 50.7 Å². The number of carbonyl (C=O) groups excluding carboxylic acids is 3. The minimum atomic E-state index is -0.740. The van der Waals surface area contributed by atoms with Crippen LogP contribution >= 0.6 is 23.4 Å². The van der Waals surface area contributed by atoms with Gasteiger partial charge in [0.15, 0.2) is 0 Å². The van der Waals surface area contributed by atoms with Crippen LogP contribution < -0.4 is 5.32 Å². The number of ether oxygens (including phenoxy) is 1. The van der Waals surface area contributed by atoms with Crippen molar-refractivity contribution in [3.05, 3.63) is 87.1 Å². The molecule has 0 spiro atoms. The molecule has 4 rings (SSSR count). The number of rotatable bonds is 8. The number of alkyl halides is 1. The molecule has 1 unspecified atom stereocenters. The number of carbonyl (C=O) groups is 3. The maximum Gasteiger partial charge on any atom is 0.355 e. The van der Waals surface area contributed by atoms with Crippen molar-refractivity contribution in [3.8, 4) is 0 Å². The van der Waals surface area contributed by atoms with Gasteiger partial charge in [-0.15, -0.1) is 23.4 Å². The summed E-state index contributed by atoms with van der Waals surface area (Å²) in [5.41, 5.74) is 1.99. The van der Waals surface area contributed by atoms with Crippen molar-refractivity contribution in [2.75, 3.05) is 11.6 Å². The van der Waals surface area contributed by atoms with E-state index in [-0.39, 0.29) is 36.2 Å². The summed E-state index contributed by atoms with van der Waals surface area (Å²) in [4.78, 5) is 49.8. The highest BCUT2D eigenvalue weighted by molar-refractivity contribution is 8.00. The Bertz CT molecular complexity index is 1160. The zero-order valence-corrected chi connectivity index (χ0v) is 19.4. The van der Waals surface area contributed by atoms with Gasteiger partial charge in [-0.1, -0.05) is 30.3 Å². The van der Waals surface area contributed by atoms with Gasteiger partial charge in [-0.05, 0) is 28.8 Å². The molecule has 0 bridgehead atoms. The second-order valence-electron chi connectivity index (χ2n) is 7.70. The van der Waals surface area contributed by atoms with Crippen LogP contribution in [0.3, 0.4) is 0 Å². The molecule has 1 fully saturated rings. The highest BCUT2D eigenvalue weighted by Crippen LogP contribution is 2.41. The van der Waals surface area contributed by atoms with Crippen LogP contribution in [0.25, 0.3) is 0 Å². The molecule has 0 aromatic heterocycles. The fraction of sp³-hybridized carbons (Fsp3) is 0.261. The lowest BCUT2D eigenvalue weighted by Crippen LogP contribution is -2.70. The normalized spacial score (nSPS) is 19.2. The largest absolute Gasteiger partial charge is 0.456 e. The van der Waals surface area contributed by atoms with Gasteiger partial charge in [0.1, 0.15) is 23.7 Å². The summed E-state index contributed by atoms with van der Waals surface area (Å²) >= 11 is 7.45. The molecular formula is C23H20ClN3O6S. The number of fused-ring (bicyclic) bond motifs is 1. The molecule has 0 aliphatic carbocycles. The number of nitro benzene ring substituents is 1. The minimum absolute atomic E-state index is 0.0521.